The summed E-state index contributed by atoms with van der Waals surface area (Å²) in [4.78, 5) is 5.04. The number of hydrogen-bond donors (Lipinski definition) is 1. The van der Waals surface area contributed by atoms with E-state index in [0.717, 1.165) is 26.2 Å². The monoisotopic (exact) mass is 284 g/mol. The van der Waals surface area contributed by atoms with Gasteiger partial charge in [0.1, 0.15) is 0 Å². The molecule has 1 fully saturated rings. The highest BCUT2D eigenvalue weighted by Gasteiger charge is 2.09. The van der Waals surface area contributed by atoms with Gasteiger partial charge < -0.3 is 10.2 Å². The number of aryl methyl sites for hydroxylation is 1. The summed E-state index contributed by atoms with van der Waals surface area (Å²) >= 11 is 1.82. The van der Waals surface area contributed by atoms with E-state index in [4.69, 9.17) is 0 Å². The number of anilines is 1. The topological polar surface area (TPSA) is 15.3 Å². The molecule has 1 heterocycles. The lowest BCUT2D eigenvalue weighted by molar-refractivity contribution is 0.589. The van der Waals surface area contributed by atoms with E-state index in [-0.39, 0.29) is 0 Å². The first-order valence-corrected chi connectivity index (χ1v) is 7.93. The summed E-state index contributed by atoms with van der Waals surface area (Å²) in [5.74, 6) is 0. The lowest BCUT2D eigenvalue weighted by Crippen LogP contribution is -2.43. The van der Waals surface area contributed by atoms with Crippen molar-refractivity contribution in [3.8, 4) is 0 Å². The van der Waals surface area contributed by atoms with Gasteiger partial charge in [-0.15, -0.1) is 0 Å². The molecule has 20 heavy (non-hydrogen) atoms. The Morgan fingerprint density at radius 3 is 2.00 bits per heavy atom. The second-order valence-electron chi connectivity index (χ2n) is 5.15. The van der Waals surface area contributed by atoms with Gasteiger partial charge in [-0.2, -0.15) is 0 Å². The molecule has 2 aromatic carbocycles. The zero-order valence-corrected chi connectivity index (χ0v) is 12.6. The summed E-state index contributed by atoms with van der Waals surface area (Å²) in [5.41, 5.74) is 2.64. The first-order chi connectivity index (χ1) is 9.81. The predicted octanol–water partition coefficient (Wildman–Crippen LogP) is 3.56. The molecule has 104 valence electrons. The number of hydrogen-bond acceptors (Lipinski definition) is 3. The van der Waals surface area contributed by atoms with Gasteiger partial charge in [0.25, 0.3) is 0 Å². The van der Waals surface area contributed by atoms with Crippen molar-refractivity contribution in [2.75, 3.05) is 31.1 Å². The largest absolute Gasteiger partial charge is 0.369 e. The van der Waals surface area contributed by atoms with Crippen molar-refractivity contribution in [1.29, 1.82) is 0 Å². The fraction of sp³-hybridized carbons (Fsp3) is 0.294. The molecule has 0 atom stereocenters. The molecule has 0 aromatic heterocycles. The van der Waals surface area contributed by atoms with E-state index in [9.17, 15) is 0 Å². The van der Waals surface area contributed by atoms with Crippen LogP contribution in [0.5, 0.6) is 0 Å². The zero-order chi connectivity index (χ0) is 13.8. The normalized spacial score (nSPS) is 15.3. The second-order valence-corrected chi connectivity index (χ2v) is 6.29. The Labute approximate surface area is 125 Å². The Hall–Kier alpha value is -1.45. The number of rotatable bonds is 3. The van der Waals surface area contributed by atoms with Crippen molar-refractivity contribution in [3.05, 3.63) is 54.1 Å². The van der Waals surface area contributed by atoms with E-state index in [2.05, 4.69) is 65.7 Å². The van der Waals surface area contributed by atoms with Crippen LogP contribution in [0.15, 0.2) is 58.3 Å². The summed E-state index contributed by atoms with van der Waals surface area (Å²) in [5, 5.41) is 3.39. The molecule has 0 radical (unpaired) electrons. The number of nitrogens with one attached hydrogen (secondary N) is 1. The van der Waals surface area contributed by atoms with E-state index in [1.54, 1.807) is 0 Å². The first-order valence-electron chi connectivity index (χ1n) is 7.11. The molecule has 0 amide bonds. The lowest BCUT2D eigenvalue weighted by atomic mass is 10.2. The summed E-state index contributed by atoms with van der Waals surface area (Å²) < 4.78 is 0. The predicted molar refractivity (Wildman–Crippen MR) is 86.8 cm³/mol. The minimum atomic E-state index is 1.08. The quantitative estimate of drug-likeness (QED) is 0.928. The van der Waals surface area contributed by atoms with Crippen LogP contribution in [0.3, 0.4) is 0 Å². The van der Waals surface area contributed by atoms with Crippen LogP contribution in [0.2, 0.25) is 0 Å². The highest BCUT2D eigenvalue weighted by atomic mass is 32.2. The molecule has 0 aliphatic carbocycles. The van der Waals surface area contributed by atoms with Crippen molar-refractivity contribution in [2.24, 2.45) is 0 Å². The van der Waals surface area contributed by atoms with Gasteiger partial charge >= 0.3 is 0 Å². The molecule has 0 spiro atoms. The fourth-order valence-corrected chi connectivity index (χ4v) is 3.21. The smallest absolute Gasteiger partial charge is 0.0367 e. The number of nitrogens with zero attached hydrogens (tertiary/aromatic N) is 1. The molecule has 1 aliphatic rings. The van der Waals surface area contributed by atoms with E-state index in [1.165, 1.54) is 21.0 Å². The van der Waals surface area contributed by atoms with E-state index in [0.29, 0.717) is 0 Å². The third kappa shape index (κ3) is 3.35. The van der Waals surface area contributed by atoms with Crippen LogP contribution in [0.4, 0.5) is 5.69 Å². The van der Waals surface area contributed by atoms with E-state index >= 15 is 0 Å². The Morgan fingerprint density at radius 2 is 1.40 bits per heavy atom. The molecule has 1 aliphatic heterocycles. The standard InChI is InChI=1S/C17H20N2S/c1-14-2-6-16(7-3-14)20-17-8-4-15(5-9-17)19-12-10-18-11-13-19/h2-9,18H,10-13H2,1H3. The van der Waals surface area contributed by atoms with E-state index < -0.39 is 0 Å². The summed E-state index contributed by atoms with van der Waals surface area (Å²) in [6.07, 6.45) is 0. The summed E-state index contributed by atoms with van der Waals surface area (Å²) in [6.45, 7) is 6.49. The molecule has 0 bridgehead atoms. The Bertz CT molecular complexity index is 542. The first kappa shape index (κ1) is 13.5. The van der Waals surface area contributed by atoms with Gasteiger partial charge in [0, 0.05) is 41.7 Å². The van der Waals surface area contributed by atoms with Crippen LogP contribution in [-0.4, -0.2) is 26.2 Å². The highest BCUT2D eigenvalue weighted by Crippen LogP contribution is 2.29. The third-order valence-corrected chi connectivity index (χ3v) is 4.59. The van der Waals surface area contributed by atoms with Gasteiger partial charge in [0.2, 0.25) is 0 Å². The summed E-state index contributed by atoms with van der Waals surface area (Å²) in [7, 11) is 0. The molecule has 2 nitrogen and oxygen atoms in total. The third-order valence-electron chi connectivity index (χ3n) is 3.58. The van der Waals surface area contributed by atoms with Crippen molar-refractivity contribution in [2.45, 2.75) is 16.7 Å². The molecule has 1 saturated heterocycles. The van der Waals surface area contributed by atoms with Crippen molar-refractivity contribution < 1.29 is 0 Å². The highest BCUT2D eigenvalue weighted by molar-refractivity contribution is 7.99. The van der Waals surface area contributed by atoms with Crippen LogP contribution in [-0.2, 0) is 0 Å². The molecule has 0 unspecified atom stereocenters. The lowest BCUT2D eigenvalue weighted by Gasteiger charge is -2.29. The maximum atomic E-state index is 3.39. The van der Waals surface area contributed by atoms with Gasteiger partial charge in [-0.25, -0.2) is 0 Å². The van der Waals surface area contributed by atoms with Crippen LogP contribution in [0, 0.1) is 6.92 Å². The minimum Gasteiger partial charge on any atom is -0.369 e. The van der Waals surface area contributed by atoms with Gasteiger partial charge in [-0.1, -0.05) is 29.5 Å². The SMILES string of the molecule is Cc1ccc(Sc2ccc(N3CCNCC3)cc2)cc1. The molecular formula is C17H20N2S. The van der Waals surface area contributed by atoms with Crippen molar-refractivity contribution in [3.63, 3.8) is 0 Å². The zero-order valence-electron chi connectivity index (χ0n) is 11.8. The average molecular weight is 284 g/mol. The second kappa shape index (κ2) is 6.33. The Kier molecular flexibility index (Phi) is 4.28. The molecule has 1 N–H and O–H groups in total. The fourth-order valence-electron chi connectivity index (χ4n) is 2.39. The summed E-state index contributed by atoms with van der Waals surface area (Å²) in [6, 6.07) is 17.6. The van der Waals surface area contributed by atoms with Crippen LogP contribution >= 0.6 is 11.8 Å². The Balaban J connectivity index is 1.67. The maximum Gasteiger partial charge on any atom is 0.0367 e. The van der Waals surface area contributed by atoms with Crippen LogP contribution in [0.25, 0.3) is 0 Å². The van der Waals surface area contributed by atoms with Gasteiger partial charge in [-0.05, 0) is 43.3 Å². The molecule has 3 rings (SSSR count). The van der Waals surface area contributed by atoms with Crippen molar-refractivity contribution in [1.82, 2.24) is 5.32 Å². The number of benzene rings is 2. The Morgan fingerprint density at radius 1 is 0.850 bits per heavy atom. The van der Waals surface area contributed by atoms with Crippen LogP contribution in [0.1, 0.15) is 5.56 Å². The number of piperazine rings is 1. The van der Waals surface area contributed by atoms with Crippen LogP contribution < -0.4 is 10.2 Å². The van der Waals surface area contributed by atoms with Gasteiger partial charge in [0.05, 0.1) is 0 Å². The van der Waals surface area contributed by atoms with Gasteiger partial charge in [-0.3, -0.25) is 0 Å². The molecule has 0 saturated carbocycles. The molecular weight excluding hydrogens is 264 g/mol. The minimum absolute atomic E-state index is 1.08. The average Bonchev–Trinajstić information content (AvgIpc) is 2.51. The maximum absolute atomic E-state index is 3.39. The van der Waals surface area contributed by atoms with Gasteiger partial charge in [0.15, 0.2) is 0 Å². The van der Waals surface area contributed by atoms with Crippen molar-refractivity contribution >= 4 is 17.4 Å². The molecule has 3 heteroatoms. The molecule has 2 aromatic rings. The van der Waals surface area contributed by atoms with E-state index in [1.807, 2.05) is 11.8 Å².